The van der Waals surface area contributed by atoms with Crippen LogP contribution in [0.1, 0.15) is 64.7 Å². The molecule has 0 spiro atoms. The third kappa shape index (κ3) is 5.56. The Bertz CT molecular complexity index is 882. The van der Waals surface area contributed by atoms with Crippen molar-refractivity contribution in [1.82, 2.24) is 0 Å². The Morgan fingerprint density at radius 1 is 0.741 bits per heavy atom. The molecule has 0 aliphatic rings. The second-order valence-electron chi connectivity index (χ2n) is 7.38. The van der Waals surface area contributed by atoms with E-state index in [1.165, 1.54) is 43.9 Å². The number of hydrogen-bond acceptors (Lipinski definition) is 2. The summed E-state index contributed by atoms with van der Waals surface area (Å²) in [5.74, 6) is 0.546. The molecule has 0 saturated carbocycles. The van der Waals surface area contributed by atoms with Gasteiger partial charge in [-0.2, -0.15) is 0 Å². The normalized spacial score (nSPS) is 11.1. The molecule has 27 heavy (non-hydrogen) atoms. The lowest BCUT2D eigenvalue weighted by Gasteiger charge is -2.09. The van der Waals surface area contributed by atoms with Crippen molar-refractivity contribution in [2.45, 2.75) is 64.7 Å². The number of hydrogen-bond donors (Lipinski definition) is 0. The third-order valence-electron chi connectivity index (χ3n) is 5.16. The molecule has 0 aromatic heterocycles. The fourth-order valence-corrected chi connectivity index (χ4v) is 3.60. The molecule has 0 amide bonds. The first-order chi connectivity index (χ1) is 13.3. The second-order valence-corrected chi connectivity index (χ2v) is 7.38. The van der Waals surface area contributed by atoms with E-state index in [-0.39, 0.29) is 5.97 Å². The van der Waals surface area contributed by atoms with E-state index in [9.17, 15) is 4.79 Å². The smallest absolute Gasteiger partial charge is 0.311 e. The molecule has 0 aliphatic carbocycles. The van der Waals surface area contributed by atoms with Crippen LogP contribution in [0.25, 0.3) is 21.5 Å². The first kappa shape index (κ1) is 19.4. The summed E-state index contributed by atoms with van der Waals surface area (Å²) >= 11 is 0. The SMILES string of the molecule is CCCCCCCCCCC(=O)Oc1cccc2cc3ccccc3cc12. The second kappa shape index (κ2) is 10.1. The highest BCUT2D eigenvalue weighted by Gasteiger charge is 2.09. The average Bonchev–Trinajstić information content (AvgIpc) is 2.69. The molecule has 0 bridgehead atoms. The minimum atomic E-state index is -0.123. The number of esters is 1. The van der Waals surface area contributed by atoms with Gasteiger partial charge in [-0.15, -0.1) is 0 Å². The van der Waals surface area contributed by atoms with Crippen LogP contribution in [0.2, 0.25) is 0 Å². The van der Waals surface area contributed by atoms with Crippen molar-refractivity contribution in [1.29, 1.82) is 0 Å². The fraction of sp³-hybridized carbons (Fsp3) is 0.400. The predicted octanol–water partition coefficient (Wildman–Crippen LogP) is 7.43. The zero-order valence-corrected chi connectivity index (χ0v) is 16.4. The number of benzene rings is 3. The maximum absolute atomic E-state index is 12.3. The molecule has 2 nitrogen and oxygen atoms in total. The molecule has 0 heterocycles. The summed E-state index contributed by atoms with van der Waals surface area (Å²) in [5, 5.41) is 4.47. The first-order valence-corrected chi connectivity index (χ1v) is 10.4. The van der Waals surface area contributed by atoms with E-state index in [1.54, 1.807) is 0 Å². The van der Waals surface area contributed by atoms with Crippen LogP contribution in [0.5, 0.6) is 5.75 Å². The lowest BCUT2D eigenvalue weighted by atomic mass is 10.0. The molecule has 0 radical (unpaired) electrons. The molecule has 3 rings (SSSR count). The summed E-state index contributed by atoms with van der Waals surface area (Å²) < 4.78 is 5.70. The molecule has 0 aliphatic heterocycles. The van der Waals surface area contributed by atoms with Gasteiger partial charge in [-0.3, -0.25) is 4.79 Å². The van der Waals surface area contributed by atoms with Gasteiger partial charge in [-0.1, -0.05) is 88.3 Å². The lowest BCUT2D eigenvalue weighted by molar-refractivity contribution is -0.134. The molecule has 3 aromatic rings. The Hall–Kier alpha value is -2.35. The summed E-state index contributed by atoms with van der Waals surface area (Å²) in [5.41, 5.74) is 0. The minimum Gasteiger partial charge on any atom is -0.426 e. The molecule has 0 fully saturated rings. The summed E-state index contributed by atoms with van der Waals surface area (Å²) in [6.07, 6.45) is 10.3. The average molecular weight is 363 g/mol. The largest absolute Gasteiger partial charge is 0.426 e. The zero-order chi connectivity index (χ0) is 18.9. The molecular formula is C25H30O2. The van der Waals surface area contributed by atoms with Crippen molar-refractivity contribution in [2.24, 2.45) is 0 Å². The van der Waals surface area contributed by atoms with Gasteiger partial charge in [0.25, 0.3) is 0 Å². The highest BCUT2D eigenvalue weighted by atomic mass is 16.5. The van der Waals surface area contributed by atoms with Gasteiger partial charge in [0.2, 0.25) is 0 Å². The van der Waals surface area contributed by atoms with Crippen LogP contribution in [0.15, 0.2) is 54.6 Å². The molecule has 142 valence electrons. The van der Waals surface area contributed by atoms with E-state index in [4.69, 9.17) is 4.74 Å². The molecule has 0 unspecified atom stereocenters. The molecule has 0 saturated heterocycles. The zero-order valence-electron chi connectivity index (χ0n) is 16.4. The Labute approximate surface area is 162 Å². The van der Waals surface area contributed by atoms with Crippen LogP contribution in [-0.2, 0) is 4.79 Å². The van der Waals surface area contributed by atoms with Crippen LogP contribution < -0.4 is 4.74 Å². The maximum Gasteiger partial charge on any atom is 0.311 e. The van der Waals surface area contributed by atoms with Crippen molar-refractivity contribution in [3.05, 3.63) is 54.6 Å². The molecule has 2 heteroatoms. The van der Waals surface area contributed by atoms with Gasteiger partial charge >= 0.3 is 5.97 Å². The predicted molar refractivity (Wildman–Crippen MR) is 114 cm³/mol. The molecule has 0 atom stereocenters. The van der Waals surface area contributed by atoms with E-state index < -0.39 is 0 Å². The summed E-state index contributed by atoms with van der Waals surface area (Å²) in [7, 11) is 0. The highest BCUT2D eigenvalue weighted by Crippen LogP contribution is 2.30. The number of fused-ring (bicyclic) bond motifs is 2. The van der Waals surface area contributed by atoms with Gasteiger partial charge in [0, 0.05) is 11.8 Å². The van der Waals surface area contributed by atoms with Crippen molar-refractivity contribution < 1.29 is 9.53 Å². The summed E-state index contributed by atoms with van der Waals surface area (Å²) in [6, 6.07) is 18.5. The summed E-state index contributed by atoms with van der Waals surface area (Å²) in [6.45, 7) is 2.24. The van der Waals surface area contributed by atoms with Crippen molar-refractivity contribution >= 4 is 27.5 Å². The van der Waals surface area contributed by atoms with Crippen LogP contribution in [0.3, 0.4) is 0 Å². The van der Waals surface area contributed by atoms with Crippen molar-refractivity contribution in [3.8, 4) is 5.75 Å². The number of carbonyl (C=O) groups excluding carboxylic acids is 1. The Morgan fingerprint density at radius 2 is 1.37 bits per heavy atom. The van der Waals surface area contributed by atoms with Gasteiger partial charge in [0.15, 0.2) is 0 Å². The maximum atomic E-state index is 12.3. The monoisotopic (exact) mass is 362 g/mol. The minimum absolute atomic E-state index is 0.123. The third-order valence-corrected chi connectivity index (χ3v) is 5.16. The van der Waals surface area contributed by atoms with Gasteiger partial charge in [-0.25, -0.2) is 0 Å². The molecular weight excluding hydrogens is 332 g/mol. The standard InChI is InChI=1S/C25H30O2/c1-2-3-4-5-6-7-8-9-17-25(26)27-24-16-12-15-22-18-20-13-10-11-14-21(20)19-23(22)24/h10-16,18-19H,2-9,17H2,1H3. The van der Waals surface area contributed by atoms with E-state index in [0.29, 0.717) is 12.2 Å². The quantitative estimate of drug-likeness (QED) is 0.162. The van der Waals surface area contributed by atoms with Crippen LogP contribution in [-0.4, -0.2) is 5.97 Å². The summed E-state index contributed by atoms with van der Waals surface area (Å²) in [4.78, 5) is 12.3. The highest BCUT2D eigenvalue weighted by molar-refractivity contribution is 6.01. The number of rotatable bonds is 10. The lowest BCUT2D eigenvalue weighted by Crippen LogP contribution is -2.07. The Morgan fingerprint density at radius 3 is 2.11 bits per heavy atom. The van der Waals surface area contributed by atoms with Crippen molar-refractivity contribution in [3.63, 3.8) is 0 Å². The Balaban J connectivity index is 1.53. The Kier molecular flexibility index (Phi) is 7.27. The van der Waals surface area contributed by atoms with Crippen LogP contribution in [0.4, 0.5) is 0 Å². The van der Waals surface area contributed by atoms with Crippen molar-refractivity contribution in [2.75, 3.05) is 0 Å². The molecule has 3 aromatic carbocycles. The number of ether oxygens (including phenoxy) is 1. The van der Waals surface area contributed by atoms with E-state index in [1.807, 2.05) is 24.3 Å². The fourth-order valence-electron chi connectivity index (χ4n) is 3.60. The van der Waals surface area contributed by atoms with Crippen LogP contribution in [0, 0.1) is 0 Å². The van der Waals surface area contributed by atoms with Crippen LogP contribution >= 0.6 is 0 Å². The van der Waals surface area contributed by atoms with Gasteiger partial charge in [0.1, 0.15) is 5.75 Å². The number of carbonyl (C=O) groups is 1. The van der Waals surface area contributed by atoms with E-state index in [2.05, 4.69) is 37.3 Å². The van der Waals surface area contributed by atoms with E-state index >= 15 is 0 Å². The first-order valence-electron chi connectivity index (χ1n) is 10.4. The molecule has 0 N–H and O–H groups in total. The number of unbranched alkanes of at least 4 members (excludes halogenated alkanes) is 7. The van der Waals surface area contributed by atoms with Gasteiger partial charge < -0.3 is 4.74 Å². The topological polar surface area (TPSA) is 26.3 Å². The van der Waals surface area contributed by atoms with Gasteiger partial charge in [0.05, 0.1) is 0 Å². The van der Waals surface area contributed by atoms with Gasteiger partial charge in [-0.05, 0) is 40.8 Å². The van der Waals surface area contributed by atoms with E-state index in [0.717, 1.165) is 29.0 Å².